The molecule has 0 aromatic rings. The Morgan fingerprint density at radius 1 is 1.37 bits per heavy atom. The van der Waals surface area contributed by atoms with E-state index in [0.29, 0.717) is 31.3 Å². The summed E-state index contributed by atoms with van der Waals surface area (Å²) in [5.74, 6) is -0.384. The smallest absolute Gasteiger partial charge is 0.317 e. The quantitative estimate of drug-likeness (QED) is 0.820. The molecular weight excluding hydrogens is 244 g/mol. The van der Waals surface area contributed by atoms with Gasteiger partial charge in [-0.2, -0.15) is 0 Å². The number of carbonyl (C=O) groups is 2. The van der Waals surface area contributed by atoms with Gasteiger partial charge in [0.2, 0.25) is 0 Å². The minimum absolute atomic E-state index is 0.0122. The lowest BCUT2D eigenvalue weighted by Crippen LogP contribution is -2.50. The molecule has 2 amide bonds. The highest BCUT2D eigenvalue weighted by Crippen LogP contribution is 2.35. The molecule has 1 saturated carbocycles. The standard InChI is InChI=1S/C14H24N2O3/c1-3-4-10-8-12(10)15-14(19)16-6-5-11(13(17)18)7-9(16)2/h9-12H,3-8H2,1-2H3,(H,15,19)(H,17,18). The first kappa shape index (κ1) is 14.2. The minimum Gasteiger partial charge on any atom is -0.481 e. The molecule has 0 spiro atoms. The SMILES string of the molecule is CCCC1CC1NC(=O)N1CCC(C(=O)O)CC1C. The number of carbonyl (C=O) groups excluding carboxylic acids is 1. The number of hydrogen-bond acceptors (Lipinski definition) is 2. The molecule has 1 heterocycles. The molecule has 4 unspecified atom stereocenters. The van der Waals surface area contributed by atoms with Gasteiger partial charge in [-0.15, -0.1) is 0 Å². The summed E-state index contributed by atoms with van der Waals surface area (Å²) in [7, 11) is 0. The van der Waals surface area contributed by atoms with E-state index >= 15 is 0 Å². The summed E-state index contributed by atoms with van der Waals surface area (Å²) in [6.07, 6.45) is 4.57. The van der Waals surface area contributed by atoms with E-state index in [9.17, 15) is 9.59 Å². The summed E-state index contributed by atoms with van der Waals surface area (Å²) in [4.78, 5) is 24.9. The van der Waals surface area contributed by atoms with E-state index < -0.39 is 5.97 Å². The van der Waals surface area contributed by atoms with Crippen LogP contribution in [0.2, 0.25) is 0 Å². The van der Waals surface area contributed by atoms with Crippen molar-refractivity contribution in [2.45, 2.75) is 58.0 Å². The van der Waals surface area contributed by atoms with Crippen LogP contribution < -0.4 is 5.32 Å². The minimum atomic E-state index is -0.739. The topological polar surface area (TPSA) is 69.6 Å². The molecule has 2 aliphatic rings. The second-order valence-corrected chi connectivity index (χ2v) is 5.94. The lowest BCUT2D eigenvalue weighted by Gasteiger charge is -2.36. The maximum absolute atomic E-state index is 12.2. The van der Waals surface area contributed by atoms with Gasteiger partial charge in [0, 0.05) is 18.6 Å². The van der Waals surface area contributed by atoms with E-state index in [0.717, 1.165) is 12.8 Å². The maximum atomic E-state index is 12.2. The van der Waals surface area contributed by atoms with Crippen LogP contribution in [0.5, 0.6) is 0 Å². The number of aliphatic carboxylic acids is 1. The molecular formula is C14H24N2O3. The molecule has 0 radical (unpaired) electrons. The van der Waals surface area contributed by atoms with Crippen molar-refractivity contribution in [1.29, 1.82) is 0 Å². The third-order valence-corrected chi connectivity index (χ3v) is 4.38. The van der Waals surface area contributed by atoms with E-state index in [2.05, 4.69) is 12.2 Å². The van der Waals surface area contributed by atoms with E-state index in [-0.39, 0.29) is 18.0 Å². The van der Waals surface area contributed by atoms with Crippen LogP contribution in [0.1, 0.15) is 46.0 Å². The molecule has 108 valence electrons. The molecule has 0 bridgehead atoms. The number of hydrogen-bond donors (Lipinski definition) is 2. The van der Waals surface area contributed by atoms with Crippen molar-refractivity contribution in [1.82, 2.24) is 10.2 Å². The number of nitrogens with zero attached hydrogens (tertiary/aromatic N) is 1. The van der Waals surface area contributed by atoms with Gasteiger partial charge in [0.05, 0.1) is 5.92 Å². The fourth-order valence-electron chi connectivity index (χ4n) is 3.05. The molecule has 5 nitrogen and oxygen atoms in total. The van der Waals surface area contributed by atoms with Gasteiger partial charge in [-0.25, -0.2) is 4.79 Å². The first-order valence-corrected chi connectivity index (χ1v) is 7.32. The monoisotopic (exact) mass is 268 g/mol. The maximum Gasteiger partial charge on any atom is 0.317 e. The molecule has 2 fully saturated rings. The summed E-state index contributed by atoms with van der Waals surface area (Å²) >= 11 is 0. The molecule has 1 aliphatic carbocycles. The van der Waals surface area contributed by atoms with Crippen LogP contribution >= 0.6 is 0 Å². The van der Waals surface area contributed by atoms with Crippen LogP contribution in [-0.2, 0) is 4.79 Å². The van der Waals surface area contributed by atoms with Gasteiger partial charge in [-0.3, -0.25) is 4.79 Å². The van der Waals surface area contributed by atoms with Crippen LogP contribution in [0, 0.1) is 11.8 Å². The fourth-order valence-corrected chi connectivity index (χ4v) is 3.05. The number of piperidine rings is 1. The Hall–Kier alpha value is -1.26. The van der Waals surface area contributed by atoms with Crippen molar-refractivity contribution >= 4 is 12.0 Å². The van der Waals surface area contributed by atoms with Crippen molar-refractivity contribution in [3.05, 3.63) is 0 Å². The van der Waals surface area contributed by atoms with Crippen molar-refractivity contribution in [3.63, 3.8) is 0 Å². The van der Waals surface area contributed by atoms with Gasteiger partial charge in [0.15, 0.2) is 0 Å². The number of carboxylic acids is 1. The third-order valence-electron chi connectivity index (χ3n) is 4.38. The number of urea groups is 1. The predicted octanol–water partition coefficient (Wildman–Crippen LogP) is 2.07. The zero-order valence-corrected chi connectivity index (χ0v) is 11.8. The Bertz CT molecular complexity index is 359. The Morgan fingerprint density at radius 2 is 2.11 bits per heavy atom. The van der Waals surface area contributed by atoms with E-state index in [1.165, 1.54) is 6.42 Å². The Kier molecular flexibility index (Phi) is 4.32. The summed E-state index contributed by atoms with van der Waals surface area (Å²) in [6.45, 7) is 4.65. The lowest BCUT2D eigenvalue weighted by atomic mass is 9.92. The first-order chi connectivity index (χ1) is 9.02. The molecule has 19 heavy (non-hydrogen) atoms. The average molecular weight is 268 g/mol. The van der Waals surface area contributed by atoms with E-state index in [1.807, 2.05) is 6.92 Å². The highest BCUT2D eigenvalue weighted by atomic mass is 16.4. The van der Waals surface area contributed by atoms with Crippen LogP contribution in [0.3, 0.4) is 0 Å². The Labute approximate surface area is 114 Å². The van der Waals surface area contributed by atoms with Crippen LogP contribution in [0.15, 0.2) is 0 Å². The number of nitrogens with one attached hydrogen (secondary N) is 1. The van der Waals surface area contributed by atoms with Crippen molar-refractivity contribution in [2.75, 3.05) is 6.54 Å². The molecule has 5 heteroatoms. The third kappa shape index (κ3) is 3.39. The molecule has 2 N–H and O–H groups in total. The summed E-state index contributed by atoms with van der Waals surface area (Å²) < 4.78 is 0. The van der Waals surface area contributed by atoms with Gasteiger partial charge in [-0.05, 0) is 38.5 Å². The zero-order chi connectivity index (χ0) is 14.0. The van der Waals surface area contributed by atoms with Crippen molar-refractivity contribution in [3.8, 4) is 0 Å². The van der Waals surface area contributed by atoms with Crippen LogP contribution in [0.4, 0.5) is 4.79 Å². The molecule has 2 rings (SSSR count). The second-order valence-electron chi connectivity index (χ2n) is 5.94. The second kappa shape index (κ2) is 5.80. The summed E-state index contributed by atoms with van der Waals surface area (Å²) in [6, 6.07) is 0.343. The Morgan fingerprint density at radius 3 is 2.68 bits per heavy atom. The van der Waals surface area contributed by atoms with Crippen molar-refractivity contribution < 1.29 is 14.7 Å². The summed E-state index contributed by atoms with van der Waals surface area (Å²) in [5.41, 5.74) is 0. The van der Waals surface area contributed by atoms with E-state index in [4.69, 9.17) is 5.11 Å². The van der Waals surface area contributed by atoms with Crippen LogP contribution in [-0.4, -0.2) is 40.6 Å². The summed E-state index contributed by atoms with van der Waals surface area (Å²) in [5, 5.41) is 12.1. The van der Waals surface area contributed by atoms with Gasteiger partial charge in [0.25, 0.3) is 0 Å². The molecule has 0 aromatic carbocycles. The van der Waals surface area contributed by atoms with Gasteiger partial charge in [0.1, 0.15) is 0 Å². The largest absolute Gasteiger partial charge is 0.481 e. The zero-order valence-electron chi connectivity index (χ0n) is 11.8. The number of rotatable bonds is 4. The fraction of sp³-hybridized carbons (Fsp3) is 0.857. The van der Waals surface area contributed by atoms with Gasteiger partial charge in [-0.1, -0.05) is 13.3 Å². The van der Waals surface area contributed by atoms with Gasteiger partial charge >= 0.3 is 12.0 Å². The first-order valence-electron chi connectivity index (χ1n) is 7.32. The predicted molar refractivity (Wildman–Crippen MR) is 71.9 cm³/mol. The molecule has 0 aromatic heterocycles. The molecule has 1 aliphatic heterocycles. The van der Waals surface area contributed by atoms with E-state index in [1.54, 1.807) is 4.90 Å². The van der Waals surface area contributed by atoms with Gasteiger partial charge < -0.3 is 15.3 Å². The number of likely N-dealkylation sites (tertiary alicyclic amines) is 1. The average Bonchev–Trinajstić information content (AvgIpc) is 3.07. The van der Waals surface area contributed by atoms with Crippen molar-refractivity contribution in [2.24, 2.45) is 11.8 Å². The molecule has 4 atom stereocenters. The Balaban J connectivity index is 1.79. The normalized spacial score (nSPS) is 33.9. The van der Waals surface area contributed by atoms with Crippen LogP contribution in [0.25, 0.3) is 0 Å². The highest BCUT2D eigenvalue weighted by molar-refractivity contribution is 5.76. The number of carboxylic acid groups (broad SMARTS) is 1. The highest BCUT2D eigenvalue weighted by Gasteiger charge is 2.39. The number of amides is 2. The molecule has 1 saturated heterocycles. The lowest BCUT2D eigenvalue weighted by molar-refractivity contribution is -0.143.